The zero-order valence-electron chi connectivity index (χ0n) is 12.1. The average Bonchev–Trinajstić information content (AvgIpc) is 2.73. The van der Waals surface area contributed by atoms with E-state index in [9.17, 15) is 9.59 Å². The maximum Gasteiger partial charge on any atom is 0.293 e. The lowest BCUT2D eigenvalue weighted by Crippen LogP contribution is -2.36. The molecule has 0 saturated carbocycles. The molecular weight excluding hydrogens is 270 g/mol. The first-order valence-electron chi connectivity index (χ1n) is 6.92. The van der Waals surface area contributed by atoms with Gasteiger partial charge in [0.05, 0.1) is 4.91 Å². The first-order valence-corrected chi connectivity index (χ1v) is 7.74. The Labute approximate surface area is 124 Å². The highest BCUT2D eigenvalue weighted by Crippen LogP contribution is 2.34. The van der Waals surface area contributed by atoms with Gasteiger partial charge in [-0.3, -0.25) is 14.5 Å². The minimum atomic E-state index is -0.172. The summed E-state index contributed by atoms with van der Waals surface area (Å²) in [6.45, 7) is 5.98. The molecule has 3 nitrogen and oxygen atoms in total. The molecule has 1 atom stereocenters. The summed E-state index contributed by atoms with van der Waals surface area (Å²) in [5.74, 6) is -0.172. The summed E-state index contributed by atoms with van der Waals surface area (Å²) >= 11 is 1.03. The number of benzene rings is 1. The standard InChI is InChI=1S/C16H19NO2S/c1-4-11(3)17-15(18)14(20-16(17)19)10-13-8-6-12(5-2)7-9-13/h6-11H,4-5H2,1-3H3/b14-10-. The Balaban J connectivity index is 2.22. The molecule has 1 saturated heterocycles. The third kappa shape index (κ3) is 2.96. The quantitative estimate of drug-likeness (QED) is 0.784. The fourth-order valence-corrected chi connectivity index (χ4v) is 2.97. The van der Waals surface area contributed by atoms with Crippen LogP contribution in [0.3, 0.4) is 0 Å². The van der Waals surface area contributed by atoms with E-state index in [-0.39, 0.29) is 17.2 Å². The molecule has 1 aromatic rings. The molecule has 0 aromatic heterocycles. The first kappa shape index (κ1) is 14.9. The van der Waals surface area contributed by atoms with E-state index in [1.165, 1.54) is 10.5 Å². The second-order valence-corrected chi connectivity index (χ2v) is 5.90. The maximum absolute atomic E-state index is 12.3. The topological polar surface area (TPSA) is 37.4 Å². The maximum atomic E-state index is 12.3. The van der Waals surface area contributed by atoms with Crippen LogP contribution in [0, 0.1) is 0 Å². The summed E-state index contributed by atoms with van der Waals surface area (Å²) in [4.78, 5) is 26.0. The number of imide groups is 1. The van der Waals surface area contributed by atoms with Gasteiger partial charge in [-0.05, 0) is 48.7 Å². The van der Waals surface area contributed by atoms with E-state index >= 15 is 0 Å². The Kier molecular flexibility index (Phi) is 4.65. The number of aryl methyl sites for hydroxylation is 1. The summed E-state index contributed by atoms with van der Waals surface area (Å²) < 4.78 is 0. The molecule has 1 aromatic carbocycles. The SMILES string of the molecule is CCc1ccc(/C=C2\SC(=O)N(C(C)CC)C2=O)cc1. The number of hydrogen-bond donors (Lipinski definition) is 0. The number of carbonyl (C=O) groups excluding carboxylic acids is 2. The highest BCUT2D eigenvalue weighted by Gasteiger charge is 2.37. The lowest BCUT2D eigenvalue weighted by molar-refractivity contribution is -0.124. The Morgan fingerprint density at radius 2 is 1.85 bits per heavy atom. The molecule has 1 aliphatic rings. The predicted octanol–water partition coefficient (Wildman–Crippen LogP) is 4.08. The van der Waals surface area contributed by atoms with Crippen molar-refractivity contribution >= 4 is 29.0 Å². The molecule has 1 heterocycles. The van der Waals surface area contributed by atoms with E-state index in [0.717, 1.165) is 30.2 Å². The van der Waals surface area contributed by atoms with Gasteiger partial charge in [0.15, 0.2) is 0 Å². The summed E-state index contributed by atoms with van der Waals surface area (Å²) in [5, 5.41) is -0.166. The van der Waals surface area contributed by atoms with Crippen molar-refractivity contribution in [3.8, 4) is 0 Å². The van der Waals surface area contributed by atoms with Crippen LogP contribution in [-0.2, 0) is 11.2 Å². The third-order valence-corrected chi connectivity index (χ3v) is 4.42. The Hall–Kier alpha value is -1.55. The summed E-state index contributed by atoms with van der Waals surface area (Å²) in [5.41, 5.74) is 2.21. The van der Waals surface area contributed by atoms with Crippen LogP contribution in [0.4, 0.5) is 4.79 Å². The van der Waals surface area contributed by atoms with E-state index in [4.69, 9.17) is 0 Å². The molecule has 0 radical (unpaired) electrons. The normalized spacial score (nSPS) is 18.9. The molecule has 1 aliphatic heterocycles. The van der Waals surface area contributed by atoms with E-state index in [0.29, 0.717) is 4.91 Å². The lowest BCUT2D eigenvalue weighted by Gasteiger charge is -2.19. The fourth-order valence-electron chi connectivity index (χ4n) is 2.04. The van der Waals surface area contributed by atoms with Crippen molar-refractivity contribution in [3.05, 3.63) is 40.3 Å². The number of amides is 2. The molecule has 4 heteroatoms. The van der Waals surface area contributed by atoms with E-state index in [1.54, 1.807) is 6.08 Å². The molecule has 0 bridgehead atoms. The summed E-state index contributed by atoms with van der Waals surface area (Å²) in [6.07, 6.45) is 3.56. The number of hydrogen-bond acceptors (Lipinski definition) is 3. The molecule has 20 heavy (non-hydrogen) atoms. The largest absolute Gasteiger partial charge is 0.293 e. The van der Waals surface area contributed by atoms with Crippen molar-refractivity contribution in [1.29, 1.82) is 0 Å². The van der Waals surface area contributed by atoms with E-state index < -0.39 is 0 Å². The molecule has 2 rings (SSSR count). The molecule has 0 N–H and O–H groups in total. The number of nitrogens with zero attached hydrogens (tertiary/aromatic N) is 1. The van der Waals surface area contributed by atoms with Crippen LogP contribution < -0.4 is 0 Å². The summed E-state index contributed by atoms with van der Waals surface area (Å²) in [6, 6.07) is 8.01. The number of carbonyl (C=O) groups is 2. The Morgan fingerprint density at radius 1 is 1.20 bits per heavy atom. The van der Waals surface area contributed by atoms with E-state index in [1.807, 2.05) is 38.1 Å². The average molecular weight is 289 g/mol. The molecule has 0 aliphatic carbocycles. The predicted molar refractivity (Wildman–Crippen MR) is 83.4 cm³/mol. The van der Waals surface area contributed by atoms with Gasteiger partial charge in [0.2, 0.25) is 0 Å². The van der Waals surface area contributed by atoms with Crippen LogP contribution in [0.1, 0.15) is 38.3 Å². The van der Waals surface area contributed by atoms with Crippen LogP contribution in [0.5, 0.6) is 0 Å². The zero-order valence-corrected chi connectivity index (χ0v) is 12.9. The molecule has 1 unspecified atom stereocenters. The number of thioether (sulfide) groups is 1. The molecule has 1 fully saturated rings. The first-order chi connectivity index (χ1) is 9.56. The van der Waals surface area contributed by atoms with Crippen molar-refractivity contribution in [2.24, 2.45) is 0 Å². The van der Waals surface area contributed by atoms with Gasteiger partial charge in [-0.2, -0.15) is 0 Å². The molecule has 106 valence electrons. The van der Waals surface area contributed by atoms with Gasteiger partial charge in [0.1, 0.15) is 0 Å². The van der Waals surface area contributed by atoms with Crippen molar-refractivity contribution in [2.45, 2.75) is 39.7 Å². The van der Waals surface area contributed by atoms with Crippen molar-refractivity contribution in [3.63, 3.8) is 0 Å². The van der Waals surface area contributed by atoms with Crippen LogP contribution in [0.25, 0.3) is 6.08 Å². The minimum Gasteiger partial charge on any atom is -0.268 e. The van der Waals surface area contributed by atoms with Gasteiger partial charge < -0.3 is 0 Å². The van der Waals surface area contributed by atoms with E-state index in [2.05, 4.69) is 6.92 Å². The number of rotatable bonds is 4. The molecular formula is C16H19NO2S. The van der Waals surface area contributed by atoms with Crippen LogP contribution in [0.15, 0.2) is 29.2 Å². The van der Waals surface area contributed by atoms with Gasteiger partial charge in [-0.25, -0.2) is 0 Å². The molecule has 0 spiro atoms. The van der Waals surface area contributed by atoms with Crippen molar-refractivity contribution in [2.75, 3.05) is 0 Å². The monoisotopic (exact) mass is 289 g/mol. The van der Waals surface area contributed by atoms with Gasteiger partial charge in [-0.15, -0.1) is 0 Å². The van der Waals surface area contributed by atoms with Gasteiger partial charge >= 0.3 is 0 Å². The van der Waals surface area contributed by atoms with Crippen LogP contribution in [0.2, 0.25) is 0 Å². The molecule has 2 amide bonds. The summed E-state index contributed by atoms with van der Waals surface area (Å²) in [7, 11) is 0. The van der Waals surface area contributed by atoms with Gasteiger partial charge in [-0.1, -0.05) is 38.1 Å². The van der Waals surface area contributed by atoms with Gasteiger partial charge in [0, 0.05) is 6.04 Å². The van der Waals surface area contributed by atoms with Crippen molar-refractivity contribution < 1.29 is 9.59 Å². The second kappa shape index (κ2) is 6.27. The Bertz CT molecular complexity index is 548. The van der Waals surface area contributed by atoms with Crippen LogP contribution >= 0.6 is 11.8 Å². The minimum absolute atomic E-state index is 0.0455. The Morgan fingerprint density at radius 3 is 2.40 bits per heavy atom. The fraction of sp³-hybridized carbons (Fsp3) is 0.375. The zero-order chi connectivity index (χ0) is 14.7. The smallest absolute Gasteiger partial charge is 0.268 e. The highest BCUT2D eigenvalue weighted by molar-refractivity contribution is 8.18. The van der Waals surface area contributed by atoms with Crippen molar-refractivity contribution in [1.82, 2.24) is 4.90 Å². The van der Waals surface area contributed by atoms with Gasteiger partial charge in [0.25, 0.3) is 11.1 Å². The lowest BCUT2D eigenvalue weighted by atomic mass is 10.1. The highest BCUT2D eigenvalue weighted by atomic mass is 32.2. The van der Waals surface area contributed by atoms with Crippen LogP contribution in [-0.4, -0.2) is 22.1 Å². The second-order valence-electron chi connectivity index (χ2n) is 4.90. The third-order valence-electron chi connectivity index (χ3n) is 3.54.